The van der Waals surface area contributed by atoms with Gasteiger partial charge in [0.05, 0.1) is 0 Å². The molecule has 116 valence electrons. The van der Waals surface area contributed by atoms with E-state index in [-0.39, 0.29) is 5.78 Å². The largest absolute Gasteiger partial charge is 0.371 e. The highest BCUT2D eigenvalue weighted by Gasteiger charge is 2.20. The molecule has 0 aromatic heterocycles. The smallest absolute Gasteiger partial charge is 0.159 e. The molecule has 0 spiro atoms. The molecule has 0 bridgehead atoms. The zero-order chi connectivity index (χ0) is 15.2. The topological polar surface area (TPSA) is 20.3 Å². The first-order valence-corrected chi connectivity index (χ1v) is 8.54. The van der Waals surface area contributed by atoms with E-state index in [1.165, 1.54) is 49.9 Å². The summed E-state index contributed by atoms with van der Waals surface area (Å²) in [6.07, 6.45) is 7.54. The Hall–Kier alpha value is -1.31. The molecular formula is C19H29NO. The summed E-state index contributed by atoms with van der Waals surface area (Å²) in [5, 5.41) is 0. The van der Waals surface area contributed by atoms with Crippen LogP contribution in [0.2, 0.25) is 0 Å². The van der Waals surface area contributed by atoms with E-state index in [0.29, 0.717) is 0 Å². The van der Waals surface area contributed by atoms with Gasteiger partial charge in [-0.25, -0.2) is 0 Å². The number of anilines is 1. The minimum Gasteiger partial charge on any atom is -0.371 e. The third kappa shape index (κ3) is 4.09. The summed E-state index contributed by atoms with van der Waals surface area (Å²) in [7, 11) is 0. The molecule has 0 N–H and O–H groups in total. The fourth-order valence-corrected chi connectivity index (χ4v) is 3.31. The van der Waals surface area contributed by atoms with Crippen molar-refractivity contribution in [3.05, 3.63) is 29.3 Å². The minimum absolute atomic E-state index is 0.171. The Kier molecular flexibility index (Phi) is 5.84. The number of carbonyl (C=O) groups is 1. The predicted octanol–water partition coefficient (Wildman–Crippen LogP) is 4.86. The van der Waals surface area contributed by atoms with Crippen molar-refractivity contribution in [1.82, 2.24) is 0 Å². The molecule has 2 heteroatoms. The lowest BCUT2D eigenvalue weighted by atomic mass is 9.94. The van der Waals surface area contributed by atoms with Gasteiger partial charge in [-0.3, -0.25) is 4.79 Å². The first-order chi connectivity index (χ1) is 10.2. The Morgan fingerprint density at radius 1 is 1.33 bits per heavy atom. The van der Waals surface area contributed by atoms with E-state index in [1.807, 2.05) is 6.07 Å². The number of aryl methyl sites for hydroxylation is 1. The Morgan fingerprint density at radius 2 is 2.14 bits per heavy atom. The van der Waals surface area contributed by atoms with Crippen LogP contribution in [0, 0.1) is 5.92 Å². The summed E-state index contributed by atoms with van der Waals surface area (Å²) in [6, 6.07) is 6.26. The van der Waals surface area contributed by atoms with Crippen LogP contribution in [-0.2, 0) is 6.42 Å². The normalized spacial score (nSPS) is 15.7. The van der Waals surface area contributed by atoms with E-state index in [1.54, 1.807) is 6.92 Å². The lowest BCUT2D eigenvalue weighted by Gasteiger charge is -2.34. The molecule has 1 aromatic rings. The summed E-state index contributed by atoms with van der Waals surface area (Å²) in [4.78, 5) is 14.1. The highest BCUT2D eigenvalue weighted by atomic mass is 16.1. The maximum atomic E-state index is 11.5. The molecule has 0 amide bonds. The van der Waals surface area contributed by atoms with Gasteiger partial charge in [-0.05, 0) is 55.9 Å². The average molecular weight is 287 g/mol. The standard InChI is InChI=1S/C19H29NO/c1-4-6-8-16(5-2)14-20-12-7-9-18-13-17(15(3)21)10-11-19(18)20/h10-11,13,16H,4-9,12,14H2,1-3H3. The van der Waals surface area contributed by atoms with E-state index in [2.05, 4.69) is 30.9 Å². The molecule has 1 aliphatic rings. The van der Waals surface area contributed by atoms with Crippen molar-refractivity contribution in [3.8, 4) is 0 Å². The van der Waals surface area contributed by atoms with Crippen LogP contribution < -0.4 is 4.90 Å². The molecule has 0 radical (unpaired) electrons. The zero-order valence-electron chi connectivity index (χ0n) is 13.8. The van der Waals surface area contributed by atoms with Gasteiger partial charge in [0.25, 0.3) is 0 Å². The van der Waals surface area contributed by atoms with Crippen LogP contribution in [0.4, 0.5) is 5.69 Å². The number of Topliss-reactive ketones (excluding diaryl/α,β-unsaturated/α-hetero) is 1. The van der Waals surface area contributed by atoms with E-state index < -0.39 is 0 Å². The highest BCUT2D eigenvalue weighted by molar-refractivity contribution is 5.94. The second-order valence-electron chi connectivity index (χ2n) is 6.37. The molecule has 0 saturated heterocycles. The van der Waals surface area contributed by atoms with Crippen molar-refractivity contribution in [2.75, 3.05) is 18.0 Å². The van der Waals surface area contributed by atoms with Crippen LogP contribution in [0.1, 0.15) is 68.8 Å². The summed E-state index contributed by atoms with van der Waals surface area (Å²) < 4.78 is 0. The van der Waals surface area contributed by atoms with E-state index in [4.69, 9.17) is 0 Å². The molecule has 0 fully saturated rings. The Labute approximate surface area is 129 Å². The molecule has 0 saturated carbocycles. The number of fused-ring (bicyclic) bond motifs is 1. The van der Waals surface area contributed by atoms with Gasteiger partial charge in [-0.1, -0.05) is 33.1 Å². The monoisotopic (exact) mass is 287 g/mol. The lowest BCUT2D eigenvalue weighted by Crippen LogP contribution is -2.34. The van der Waals surface area contributed by atoms with Gasteiger partial charge in [-0.15, -0.1) is 0 Å². The summed E-state index contributed by atoms with van der Waals surface area (Å²) in [6.45, 7) is 8.56. The van der Waals surface area contributed by atoms with Crippen molar-refractivity contribution in [1.29, 1.82) is 0 Å². The fourth-order valence-electron chi connectivity index (χ4n) is 3.31. The first-order valence-electron chi connectivity index (χ1n) is 8.54. The van der Waals surface area contributed by atoms with E-state index in [9.17, 15) is 4.79 Å². The van der Waals surface area contributed by atoms with Crippen molar-refractivity contribution in [2.45, 2.75) is 59.3 Å². The van der Waals surface area contributed by atoms with Gasteiger partial charge in [0, 0.05) is 24.3 Å². The number of rotatable bonds is 7. The maximum Gasteiger partial charge on any atom is 0.159 e. The van der Waals surface area contributed by atoms with Crippen molar-refractivity contribution in [3.63, 3.8) is 0 Å². The van der Waals surface area contributed by atoms with Crippen LogP contribution in [-0.4, -0.2) is 18.9 Å². The molecule has 1 heterocycles. The number of nitrogens with zero attached hydrogens (tertiary/aromatic N) is 1. The van der Waals surface area contributed by atoms with Crippen LogP contribution >= 0.6 is 0 Å². The van der Waals surface area contributed by atoms with Gasteiger partial charge in [0.15, 0.2) is 5.78 Å². The lowest BCUT2D eigenvalue weighted by molar-refractivity contribution is 0.101. The number of benzene rings is 1. The third-order valence-corrected chi connectivity index (χ3v) is 4.72. The second kappa shape index (κ2) is 7.63. The maximum absolute atomic E-state index is 11.5. The van der Waals surface area contributed by atoms with E-state index >= 15 is 0 Å². The molecule has 21 heavy (non-hydrogen) atoms. The second-order valence-corrected chi connectivity index (χ2v) is 6.37. The van der Waals surface area contributed by atoms with Crippen molar-refractivity contribution >= 4 is 11.5 Å². The zero-order valence-corrected chi connectivity index (χ0v) is 13.8. The Balaban J connectivity index is 2.12. The first kappa shape index (κ1) is 16.1. The Morgan fingerprint density at radius 3 is 2.81 bits per heavy atom. The molecule has 2 nitrogen and oxygen atoms in total. The molecule has 1 unspecified atom stereocenters. The van der Waals surface area contributed by atoms with Gasteiger partial charge < -0.3 is 4.90 Å². The number of hydrogen-bond donors (Lipinski definition) is 0. The number of carbonyl (C=O) groups excluding carboxylic acids is 1. The fraction of sp³-hybridized carbons (Fsp3) is 0.632. The predicted molar refractivity (Wildman–Crippen MR) is 90.3 cm³/mol. The average Bonchev–Trinajstić information content (AvgIpc) is 2.50. The van der Waals surface area contributed by atoms with Crippen LogP contribution in [0.3, 0.4) is 0 Å². The van der Waals surface area contributed by atoms with E-state index in [0.717, 1.165) is 24.4 Å². The molecule has 2 rings (SSSR count). The van der Waals surface area contributed by atoms with Crippen LogP contribution in [0.5, 0.6) is 0 Å². The molecule has 0 aliphatic carbocycles. The SMILES string of the molecule is CCCCC(CC)CN1CCCc2cc(C(C)=O)ccc21. The third-order valence-electron chi connectivity index (χ3n) is 4.72. The van der Waals surface area contributed by atoms with Crippen molar-refractivity contribution in [2.24, 2.45) is 5.92 Å². The number of hydrogen-bond acceptors (Lipinski definition) is 2. The quantitative estimate of drug-likeness (QED) is 0.668. The minimum atomic E-state index is 0.171. The summed E-state index contributed by atoms with van der Waals surface area (Å²) in [5.74, 6) is 0.965. The highest BCUT2D eigenvalue weighted by Crippen LogP contribution is 2.30. The molecule has 1 aliphatic heterocycles. The summed E-state index contributed by atoms with van der Waals surface area (Å²) in [5.41, 5.74) is 3.58. The van der Waals surface area contributed by atoms with Gasteiger partial charge in [-0.2, -0.15) is 0 Å². The van der Waals surface area contributed by atoms with Crippen LogP contribution in [0.25, 0.3) is 0 Å². The van der Waals surface area contributed by atoms with Gasteiger partial charge in [0.1, 0.15) is 0 Å². The molecule has 1 atom stereocenters. The molecular weight excluding hydrogens is 258 g/mol. The summed E-state index contributed by atoms with van der Waals surface area (Å²) >= 11 is 0. The number of ketones is 1. The Bertz CT molecular complexity index is 480. The van der Waals surface area contributed by atoms with Gasteiger partial charge >= 0.3 is 0 Å². The van der Waals surface area contributed by atoms with Gasteiger partial charge in [0.2, 0.25) is 0 Å². The number of unbranched alkanes of at least 4 members (excludes halogenated alkanes) is 1. The molecule has 1 aromatic carbocycles. The van der Waals surface area contributed by atoms with Crippen molar-refractivity contribution < 1.29 is 4.79 Å². The van der Waals surface area contributed by atoms with Crippen LogP contribution in [0.15, 0.2) is 18.2 Å².